The number of nitrogens with one attached hydrogen (secondary N) is 1. The van der Waals surface area contributed by atoms with Crippen molar-refractivity contribution in [2.24, 2.45) is 0 Å². The van der Waals surface area contributed by atoms with Gasteiger partial charge in [0.1, 0.15) is 16.2 Å². The molecule has 0 spiro atoms. The highest BCUT2D eigenvalue weighted by Crippen LogP contribution is 2.25. The fourth-order valence-corrected chi connectivity index (χ4v) is 2.43. The predicted molar refractivity (Wildman–Crippen MR) is 79.5 cm³/mol. The molecule has 19 heavy (non-hydrogen) atoms. The molecule has 0 radical (unpaired) electrons. The number of pyridine rings is 1. The minimum atomic E-state index is 0.718. The average Bonchev–Trinajstić information content (AvgIpc) is 2.38. The zero-order valence-corrected chi connectivity index (χ0v) is 11.8. The Bertz CT molecular complexity index is 717. The van der Waals surface area contributed by atoms with Crippen molar-refractivity contribution in [3.63, 3.8) is 0 Å². The molecule has 0 saturated carbocycles. The van der Waals surface area contributed by atoms with Crippen molar-refractivity contribution in [3.05, 3.63) is 53.2 Å². The van der Waals surface area contributed by atoms with Gasteiger partial charge in [-0.3, -0.25) is 4.98 Å². The minimum Gasteiger partial charge on any atom is -0.340 e. The number of nitrogens with zero attached hydrogens (tertiary/aromatic N) is 3. The Kier molecular flexibility index (Phi) is 3.13. The zero-order chi connectivity index (χ0) is 13.2. The maximum absolute atomic E-state index is 4.36. The Morgan fingerprint density at radius 2 is 2.05 bits per heavy atom. The van der Waals surface area contributed by atoms with Crippen LogP contribution in [-0.2, 0) is 0 Å². The standard InChI is InChI=1S/C14H11BrN4/c1-9-17-13(15)7-14(18-9)19-12-4-2-3-10-5-6-16-8-11(10)12/h2-8H,1H3,(H,17,18,19). The highest BCUT2D eigenvalue weighted by Gasteiger charge is 2.04. The smallest absolute Gasteiger partial charge is 0.135 e. The van der Waals surface area contributed by atoms with Gasteiger partial charge < -0.3 is 5.32 Å². The van der Waals surface area contributed by atoms with Crippen molar-refractivity contribution in [1.29, 1.82) is 0 Å². The van der Waals surface area contributed by atoms with Gasteiger partial charge in [-0.2, -0.15) is 0 Å². The quantitative estimate of drug-likeness (QED) is 0.730. The van der Waals surface area contributed by atoms with Gasteiger partial charge in [0.15, 0.2) is 0 Å². The fourth-order valence-electron chi connectivity index (χ4n) is 1.96. The minimum absolute atomic E-state index is 0.718. The normalized spacial score (nSPS) is 10.6. The van der Waals surface area contributed by atoms with Crippen molar-refractivity contribution in [2.45, 2.75) is 6.92 Å². The third kappa shape index (κ3) is 2.56. The van der Waals surface area contributed by atoms with Crippen LogP contribution in [0.5, 0.6) is 0 Å². The number of fused-ring (bicyclic) bond motifs is 1. The van der Waals surface area contributed by atoms with Crippen LogP contribution >= 0.6 is 15.9 Å². The summed E-state index contributed by atoms with van der Waals surface area (Å²) in [6.45, 7) is 1.86. The average molecular weight is 315 g/mol. The van der Waals surface area contributed by atoms with E-state index >= 15 is 0 Å². The molecule has 0 atom stereocenters. The summed E-state index contributed by atoms with van der Waals surface area (Å²) < 4.78 is 0.765. The number of benzene rings is 1. The predicted octanol–water partition coefficient (Wildman–Crippen LogP) is 3.84. The fraction of sp³-hybridized carbons (Fsp3) is 0.0714. The largest absolute Gasteiger partial charge is 0.340 e. The van der Waals surface area contributed by atoms with E-state index in [1.54, 1.807) is 6.20 Å². The summed E-state index contributed by atoms with van der Waals surface area (Å²) in [5.41, 5.74) is 0.982. The molecule has 2 heterocycles. The third-order valence-corrected chi connectivity index (χ3v) is 3.16. The van der Waals surface area contributed by atoms with Crippen molar-refractivity contribution >= 4 is 38.2 Å². The molecule has 0 aliphatic heterocycles. The van der Waals surface area contributed by atoms with E-state index in [2.05, 4.69) is 42.3 Å². The van der Waals surface area contributed by atoms with Crippen LogP contribution in [0.2, 0.25) is 0 Å². The number of aryl methyl sites for hydroxylation is 1. The van der Waals surface area contributed by atoms with Gasteiger partial charge in [0.2, 0.25) is 0 Å². The SMILES string of the molecule is Cc1nc(Br)cc(Nc2cccc3ccncc23)n1. The van der Waals surface area contributed by atoms with Gasteiger partial charge in [0, 0.05) is 29.5 Å². The number of hydrogen-bond acceptors (Lipinski definition) is 4. The van der Waals surface area contributed by atoms with E-state index in [4.69, 9.17) is 0 Å². The lowest BCUT2D eigenvalue weighted by atomic mass is 10.1. The molecule has 0 unspecified atom stereocenters. The van der Waals surface area contributed by atoms with Crippen LogP contribution in [0.25, 0.3) is 10.8 Å². The maximum atomic E-state index is 4.36. The van der Waals surface area contributed by atoms with Crippen molar-refractivity contribution in [2.75, 3.05) is 5.32 Å². The molecular weight excluding hydrogens is 304 g/mol. The molecule has 5 heteroatoms. The van der Waals surface area contributed by atoms with Gasteiger partial charge in [-0.15, -0.1) is 0 Å². The second-order valence-corrected chi connectivity index (χ2v) is 4.96. The van der Waals surface area contributed by atoms with Crippen LogP contribution in [0.15, 0.2) is 47.3 Å². The first-order valence-corrected chi connectivity index (χ1v) is 6.62. The Hall–Kier alpha value is -2.01. The molecule has 0 aliphatic carbocycles. The van der Waals surface area contributed by atoms with E-state index in [-0.39, 0.29) is 0 Å². The van der Waals surface area contributed by atoms with Crippen LogP contribution in [-0.4, -0.2) is 15.0 Å². The molecule has 1 N–H and O–H groups in total. The van der Waals surface area contributed by atoms with Crippen molar-refractivity contribution in [3.8, 4) is 0 Å². The lowest BCUT2D eigenvalue weighted by molar-refractivity contribution is 1.04. The maximum Gasteiger partial charge on any atom is 0.135 e. The molecule has 0 fully saturated rings. The van der Waals surface area contributed by atoms with Gasteiger partial charge >= 0.3 is 0 Å². The van der Waals surface area contributed by atoms with Crippen LogP contribution in [0.3, 0.4) is 0 Å². The second-order valence-electron chi connectivity index (χ2n) is 4.15. The second kappa shape index (κ2) is 4.93. The highest BCUT2D eigenvalue weighted by molar-refractivity contribution is 9.10. The first kappa shape index (κ1) is 12.0. The number of hydrogen-bond donors (Lipinski definition) is 1. The molecule has 4 nitrogen and oxygen atoms in total. The Morgan fingerprint density at radius 3 is 2.89 bits per heavy atom. The molecule has 0 saturated heterocycles. The molecule has 3 aromatic rings. The van der Waals surface area contributed by atoms with Gasteiger partial charge in [-0.25, -0.2) is 9.97 Å². The molecule has 2 aromatic heterocycles. The van der Waals surface area contributed by atoms with Crippen LogP contribution in [0.4, 0.5) is 11.5 Å². The van der Waals surface area contributed by atoms with E-state index < -0.39 is 0 Å². The highest BCUT2D eigenvalue weighted by atomic mass is 79.9. The van der Waals surface area contributed by atoms with E-state index in [0.717, 1.165) is 32.7 Å². The van der Waals surface area contributed by atoms with Crippen molar-refractivity contribution in [1.82, 2.24) is 15.0 Å². The Balaban J connectivity index is 2.05. The molecule has 3 rings (SSSR count). The van der Waals surface area contributed by atoms with Gasteiger partial charge in [0.05, 0.1) is 0 Å². The molecular formula is C14H11BrN4. The van der Waals surface area contributed by atoms with E-state index in [1.807, 2.05) is 37.4 Å². The first-order valence-electron chi connectivity index (χ1n) is 5.83. The molecule has 0 aliphatic rings. The number of aromatic nitrogens is 3. The number of anilines is 2. The van der Waals surface area contributed by atoms with Crippen LogP contribution in [0.1, 0.15) is 5.82 Å². The number of halogens is 1. The van der Waals surface area contributed by atoms with Gasteiger partial charge in [0.25, 0.3) is 0 Å². The van der Waals surface area contributed by atoms with Crippen LogP contribution in [0, 0.1) is 6.92 Å². The van der Waals surface area contributed by atoms with Gasteiger partial charge in [-0.1, -0.05) is 12.1 Å². The summed E-state index contributed by atoms with van der Waals surface area (Å²) in [6, 6.07) is 9.91. The van der Waals surface area contributed by atoms with E-state index in [1.165, 1.54) is 0 Å². The summed E-state index contributed by atoms with van der Waals surface area (Å²) >= 11 is 3.37. The monoisotopic (exact) mass is 314 g/mol. The summed E-state index contributed by atoms with van der Waals surface area (Å²) in [5, 5.41) is 5.52. The molecule has 1 aromatic carbocycles. The number of rotatable bonds is 2. The lowest BCUT2D eigenvalue weighted by Gasteiger charge is -2.09. The summed E-state index contributed by atoms with van der Waals surface area (Å²) in [4.78, 5) is 12.7. The van der Waals surface area contributed by atoms with E-state index in [9.17, 15) is 0 Å². The third-order valence-electron chi connectivity index (χ3n) is 2.75. The molecule has 0 bridgehead atoms. The topological polar surface area (TPSA) is 50.7 Å². The van der Waals surface area contributed by atoms with Gasteiger partial charge in [-0.05, 0) is 40.4 Å². The zero-order valence-electron chi connectivity index (χ0n) is 10.3. The summed E-state index contributed by atoms with van der Waals surface area (Å²) in [6.07, 6.45) is 3.64. The van der Waals surface area contributed by atoms with Crippen LogP contribution < -0.4 is 5.32 Å². The van der Waals surface area contributed by atoms with E-state index in [0.29, 0.717) is 0 Å². The Labute approximate surface area is 119 Å². The molecule has 0 amide bonds. The first-order chi connectivity index (χ1) is 9.22. The lowest BCUT2D eigenvalue weighted by Crippen LogP contribution is -1.98. The summed E-state index contributed by atoms with van der Waals surface area (Å²) in [5.74, 6) is 1.48. The van der Waals surface area contributed by atoms with Crippen molar-refractivity contribution < 1.29 is 0 Å². The Morgan fingerprint density at radius 1 is 1.16 bits per heavy atom. The summed E-state index contributed by atoms with van der Waals surface area (Å²) in [7, 11) is 0. The molecule has 94 valence electrons.